The van der Waals surface area contributed by atoms with Crippen LogP contribution in [0.2, 0.25) is 0 Å². The highest BCUT2D eigenvalue weighted by Gasteiger charge is 2.52. The van der Waals surface area contributed by atoms with E-state index < -0.39 is 12.0 Å². The molecule has 2 fully saturated rings. The first-order chi connectivity index (χ1) is 10.9. The van der Waals surface area contributed by atoms with E-state index in [0.717, 1.165) is 12.0 Å². The highest BCUT2D eigenvalue weighted by molar-refractivity contribution is 8.01. The molecule has 1 aromatic rings. The van der Waals surface area contributed by atoms with E-state index in [2.05, 4.69) is 5.32 Å². The van der Waals surface area contributed by atoms with E-state index in [1.54, 1.807) is 28.8 Å². The smallest absolute Gasteiger partial charge is 0.335 e. The molecule has 3 rings (SSSR count). The first-order valence-electron chi connectivity index (χ1n) is 7.47. The average Bonchev–Trinajstić information content (AvgIpc) is 3.02. The van der Waals surface area contributed by atoms with E-state index in [0.29, 0.717) is 12.2 Å². The van der Waals surface area contributed by atoms with Gasteiger partial charge in [-0.1, -0.05) is 12.1 Å². The number of fused-ring (bicyclic) bond motifs is 1. The maximum atomic E-state index is 12.4. The van der Waals surface area contributed by atoms with Gasteiger partial charge >= 0.3 is 5.97 Å². The lowest BCUT2D eigenvalue weighted by atomic mass is 10.1. The van der Waals surface area contributed by atoms with Crippen molar-refractivity contribution in [3.8, 4) is 0 Å². The molecule has 0 saturated carbocycles. The van der Waals surface area contributed by atoms with Crippen molar-refractivity contribution in [3.63, 3.8) is 0 Å². The van der Waals surface area contributed by atoms with E-state index in [-0.39, 0.29) is 28.8 Å². The van der Waals surface area contributed by atoms with Crippen molar-refractivity contribution in [1.82, 2.24) is 10.2 Å². The van der Waals surface area contributed by atoms with Crippen molar-refractivity contribution in [1.29, 1.82) is 0 Å². The van der Waals surface area contributed by atoms with E-state index in [9.17, 15) is 14.4 Å². The topological polar surface area (TPSA) is 86.7 Å². The van der Waals surface area contributed by atoms with Gasteiger partial charge in [0.15, 0.2) is 0 Å². The molecule has 2 N–H and O–H groups in total. The third-order valence-corrected chi connectivity index (χ3v) is 5.89. The molecule has 0 aromatic heterocycles. The summed E-state index contributed by atoms with van der Waals surface area (Å²) in [6, 6.07) is 6.02. The highest BCUT2D eigenvalue weighted by atomic mass is 32.2. The number of carbonyl (C=O) groups excluding carboxylic acids is 2. The molecule has 0 radical (unpaired) electrons. The first kappa shape index (κ1) is 15.9. The molecule has 0 unspecified atom stereocenters. The lowest BCUT2D eigenvalue weighted by Gasteiger charge is -2.29. The molecule has 2 aliphatic rings. The van der Waals surface area contributed by atoms with Crippen molar-refractivity contribution < 1.29 is 19.5 Å². The summed E-state index contributed by atoms with van der Waals surface area (Å²) in [5.41, 5.74) is 0.912. The number of nitrogens with one attached hydrogen (secondary N) is 1. The predicted molar refractivity (Wildman–Crippen MR) is 86.0 cm³/mol. The molecule has 2 saturated heterocycles. The summed E-state index contributed by atoms with van der Waals surface area (Å²) in [6.45, 7) is 2.26. The average molecular weight is 334 g/mol. The van der Waals surface area contributed by atoms with E-state index >= 15 is 0 Å². The third kappa shape index (κ3) is 2.93. The van der Waals surface area contributed by atoms with Crippen LogP contribution in [-0.2, 0) is 16.1 Å². The quantitative estimate of drug-likeness (QED) is 0.870. The van der Waals surface area contributed by atoms with Gasteiger partial charge in [-0.05, 0) is 31.0 Å². The number of hydrogen-bond donors (Lipinski definition) is 2. The Balaban J connectivity index is 1.65. The Hall–Kier alpha value is -2.02. The molecule has 0 aliphatic carbocycles. The van der Waals surface area contributed by atoms with Crippen LogP contribution in [0.25, 0.3) is 0 Å². The van der Waals surface area contributed by atoms with Crippen LogP contribution in [0.4, 0.5) is 0 Å². The summed E-state index contributed by atoms with van der Waals surface area (Å²) in [6.07, 6.45) is 1.27. The number of hydrogen-bond acceptors (Lipinski definition) is 4. The fourth-order valence-electron chi connectivity index (χ4n) is 3.14. The van der Waals surface area contributed by atoms with Gasteiger partial charge in [0.25, 0.3) is 0 Å². The van der Waals surface area contributed by atoms with E-state index in [4.69, 9.17) is 5.11 Å². The second-order valence-electron chi connectivity index (χ2n) is 5.99. The molecular weight excluding hydrogens is 316 g/mol. The molecule has 0 bridgehead atoms. The van der Waals surface area contributed by atoms with E-state index in [1.165, 1.54) is 12.1 Å². The molecule has 2 atom stereocenters. The largest absolute Gasteiger partial charge is 0.478 e. The molecule has 23 heavy (non-hydrogen) atoms. The normalized spacial score (nSPS) is 26.2. The zero-order valence-electron chi connectivity index (χ0n) is 12.7. The standard InChI is InChI=1S/C16H18N2O4S/c1-16-6-5-13(19)18(16)12(9-23-16)14(20)17-8-10-3-2-4-11(7-10)15(21)22/h2-4,7,12H,5-6,8-9H2,1H3,(H,17,20)(H,21,22)/t12-,16+/m0/s1. The minimum absolute atomic E-state index is 0.0329. The number of thioether (sulfide) groups is 1. The highest BCUT2D eigenvalue weighted by Crippen LogP contribution is 2.47. The second kappa shape index (κ2) is 5.88. The van der Waals surface area contributed by atoms with Crippen molar-refractivity contribution >= 4 is 29.5 Å². The van der Waals surface area contributed by atoms with Crippen LogP contribution >= 0.6 is 11.8 Å². The Labute approximate surface area is 138 Å². The molecule has 2 heterocycles. The lowest BCUT2D eigenvalue weighted by molar-refractivity contribution is -0.138. The first-order valence-corrected chi connectivity index (χ1v) is 8.45. The fourth-order valence-corrected chi connectivity index (χ4v) is 4.57. The number of carboxylic acids is 1. The van der Waals surface area contributed by atoms with E-state index in [1.807, 2.05) is 6.92 Å². The molecule has 7 heteroatoms. The number of benzene rings is 1. The number of rotatable bonds is 4. The van der Waals surface area contributed by atoms with Crippen LogP contribution in [0.3, 0.4) is 0 Å². The van der Waals surface area contributed by atoms with Crippen molar-refractivity contribution in [2.75, 3.05) is 5.75 Å². The summed E-state index contributed by atoms with van der Waals surface area (Å²) in [5, 5.41) is 11.8. The summed E-state index contributed by atoms with van der Waals surface area (Å²) in [7, 11) is 0. The van der Waals surface area contributed by atoms with Crippen molar-refractivity contribution in [3.05, 3.63) is 35.4 Å². The van der Waals surface area contributed by atoms with Gasteiger partial charge in [-0.25, -0.2) is 4.79 Å². The molecule has 1 aromatic carbocycles. The zero-order valence-corrected chi connectivity index (χ0v) is 13.6. The van der Waals surface area contributed by atoms with Crippen LogP contribution in [0.15, 0.2) is 24.3 Å². The van der Waals surface area contributed by atoms with Gasteiger partial charge in [0, 0.05) is 18.7 Å². The Kier molecular flexibility index (Phi) is 4.06. The van der Waals surface area contributed by atoms with Gasteiger partial charge in [0.2, 0.25) is 11.8 Å². The number of nitrogens with zero attached hydrogens (tertiary/aromatic N) is 1. The predicted octanol–water partition coefficient (Wildman–Crippen LogP) is 1.45. The Morgan fingerprint density at radius 1 is 1.48 bits per heavy atom. The maximum Gasteiger partial charge on any atom is 0.335 e. The minimum Gasteiger partial charge on any atom is -0.478 e. The number of amides is 2. The zero-order chi connectivity index (χ0) is 16.6. The van der Waals surface area contributed by atoms with Crippen molar-refractivity contribution in [2.24, 2.45) is 0 Å². The van der Waals surface area contributed by atoms with Gasteiger partial charge in [-0.2, -0.15) is 0 Å². The monoisotopic (exact) mass is 334 g/mol. The summed E-state index contributed by atoms with van der Waals surface area (Å²) in [4.78, 5) is 36.9. The summed E-state index contributed by atoms with van der Waals surface area (Å²) >= 11 is 1.65. The number of carbonyl (C=O) groups is 3. The Morgan fingerprint density at radius 3 is 3.00 bits per heavy atom. The van der Waals surface area contributed by atoms with Crippen LogP contribution in [0, 0.1) is 0 Å². The summed E-state index contributed by atoms with van der Waals surface area (Å²) in [5.74, 6) is -0.546. The van der Waals surface area contributed by atoms with Crippen LogP contribution in [0.5, 0.6) is 0 Å². The molecular formula is C16H18N2O4S. The molecule has 0 spiro atoms. The molecule has 2 amide bonds. The number of carboxylic acid groups (broad SMARTS) is 1. The van der Waals surface area contributed by atoms with Crippen LogP contribution < -0.4 is 5.32 Å². The van der Waals surface area contributed by atoms with Gasteiger partial charge in [-0.15, -0.1) is 11.8 Å². The summed E-state index contributed by atoms with van der Waals surface area (Å²) < 4.78 is 0. The molecule has 6 nitrogen and oxygen atoms in total. The lowest BCUT2D eigenvalue weighted by Crippen LogP contribution is -2.49. The van der Waals surface area contributed by atoms with Gasteiger partial charge in [0.1, 0.15) is 6.04 Å². The molecule has 2 aliphatic heterocycles. The van der Waals surface area contributed by atoms with Crippen LogP contribution in [0.1, 0.15) is 35.7 Å². The van der Waals surface area contributed by atoms with Crippen molar-refractivity contribution in [2.45, 2.75) is 37.2 Å². The Bertz CT molecular complexity index is 678. The third-order valence-electron chi connectivity index (χ3n) is 4.39. The van der Waals surface area contributed by atoms with Gasteiger partial charge in [-0.3, -0.25) is 9.59 Å². The fraction of sp³-hybridized carbons (Fsp3) is 0.438. The maximum absolute atomic E-state index is 12.4. The Morgan fingerprint density at radius 2 is 2.26 bits per heavy atom. The van der Waals surface area contributed by atoms with Gasteiger partial charge < -0.3 is 15.3 Å². The second-order valence-corrected chi connectivity index (χ2v) is 7.49. The van der Waals surface area contributed by atoms with Crippen LogP contribution in [-0.4, -0.2) is 44.5 Å². The SMILES string of the molecule is C[C@@]12CCC(=O)N1[C@H](C(=O)NCc1cccc(C(=O)O)c1)CS2. The minimum atomic E-state index is -0.996. The molecule has 122 valence electrons. The van der Waals surface area contributed by atoms with Gasteiger partial charge in [0.05, 0.1) is 10.4 Å². The number of aromatic carboxylic acids is 1.